The molecule has 16 heavy (non-hydrogen) atoms. The molecular formula is C13H26N2O. The van der Waals surface area contributed by atoms with Gasteiger partial charge in [0.15, 0.2) is 0 Å². The maximum absolute atomic E-state index is 10.7. The van der Waals surface area contributed by atoms with Gasteiger partial charge >= 0.3 is 0 Å². The van der Waals surface area contributed by atoms with Gasteiger partial charge in [-0.2, -0.15) is 0 Å². The van der Waals surface area contributed by atoms with Gasteiger partial charge in [-0.15, -0.1) is 0 Å². The normalized spacial score (nSPS) is 25.8. The third-order valence-corrected chi connectivity index (χ3v) is 3.58. The molecule has 0 radical (unpaired) electrons. The molecule has 0 aromatic carbocycles. The SMILES string of the molecule is CC(=O)NCCNC1CCCCC1C(C)C. The predicted octanol–water partition coefficient (Wildman–Crippen LogP) is 1.93. The second-order valence-corrected chi connectivity index (χ2v) is 5.24. The van der Waals surface area contributed by atoms with Gasteiger partial charge in [0.25, 0.3) is 0 Å². The van der Waals surface area contributed by atoms with Gasteiger partial charge in [0.1, 0.15) is 0 Å². The van der Waals surface area contributed by atoms with Gasteiger partial charge in [0.05, 0.1) is 0 Å². The lowest BCUT2D eigenvalue weighted by Crippen LogP contribution is -2.43. The molecule has 1 aliphatic carbocycles. The first kappa shape index (κ1) is 13.5. The number of carbonyl (C=O) groups is 1. The van der Waals surface area contributed by atoms with Crippen molar-refractivity contribution >= 4 is 5.91 Å². The van der Waals surface area contributed by atoms with Crippen molar-refractivity contribution in [3.63, 3.8) is 0 Å². The molecule has 94 valence electrons. The van der Waals surface area contributed by atoms with E-state index in [0.717, 1.165) is 24.9 Å². The van der Waals surface area contributed by atoms with Crippen molar-refractivity contribution in [2.75, 3.05) is 13.1 Å². The first-order valence-electron chi connectivity index (χ1n) is 6.59. The molecule has 1 saturated carbocycles. The van der Waals surface area contributed by atoms with Crippen LogP contribution in [0.1, 0.15) is 46.5 Å². The number of carbonyl (C=O) groups excluding carboxylic acids is 1. The van der Waals surface area contributed by atoms with Crippen molar-refractivity contribution in [3.8, 4) is 0 Å². The van der Waals surface area contributed by atoms with Gasteiger partial charge in [-0.3, -0.25) is 4.79 Å². The zero-order valence-electron chi connectivity index (χ0n) is 10.9. The molecule has 2 N–H and O–H groups in total. The summed E-state index contributed by atoms with van der Waals surface area (Å²) in [5.41, 5.74) is 0. The standard InChI is InChI=1S/C13H26N2O/c1-10(2)12-6-4-5-7-13(12)15-9-8-14-11(3)16/h10,12-13,15H,4-9H2,1-3H3,(H,14,16). The van der Waals surface area contributed by atoms with Crippen molar-refractivity contribution in [1.29, 1.82) is 0 Å². The number of hydrogen-bond donors (Lipinski definition) is 2. The Balaban J connectivity index is 2.24. The van der Waals surface area contributed by atoms with Crippen LogP contribution < -0.4 is 10.6 Å². The van der Waals surface area contributed by atoms with Crippen molar-refractivity contribution < 1.29 is 4.79 Å². The largest absolute Gasteiger partial charge is 0.355 e. The topological polar surface area (TPSA) is 41.1 Å². The Labute approximate surface area is 99.4 Å². The van der Waals surface area contributed by atoms with E-state index in [1.54, 1.807) is 6.92 Å². The third-order valence-electron chi connectivity index (χ3n) is 3.58. The zero-order valence-corrected chi connectivity index (χ0v) is 10.9. The van der Waals surface area contributed by atoms with Gasteiger partial charge < -0.3 is 10.6 Å². The Morgan fingerprint density at radius 3 is 2.56 bits per heavy atom. The fourth-order valence-electron chi connectivity index (χ4n) is 2.71. The first-order chi connectivity index (χ1) is 7.61. The summed E-state index contributed by atoms with van der Waals surface area (Å²) in [7, 11) is 0. The average Bonchev–Trinajstić information content (AvgIpc) is 2.24. The van der Waals surface area contributed by atoms with Crippen molar-refractivity contribution in [1.82, 2.24) is 10.6 Å². The maximum Gasteiger partial charge on any atom is 0.216 e. The summed E-state index contributed by atoms with van der Waals surface area (Å²) in [5.74, 6) is 1.63. The molecule has 3 nitrogen and oxygen atoms in total. The summed E-state index contributed by atoms with van der Waals surface area (Å²) >= 11 is 0. The fraction of sp³-hybridized carbons (Fsp3) is 0.923. The second-order valence-electron chi connectivity index (χ2n) is 5.24. The van der Waals surface area contributed by atoms with Gasteiger partial charge in [0.2, 0.25) is 5.91 Å². The van der Waals surface area contributed by atoms with Crippen molar-refractivity contribution in [3.05, 3.63) is 0 Å². The highest BCUT2D eigenvalue weighted by Gasteiger charge is 2.26. The minimum atomic E-state index is 0.0610. The van der Waals surface area contributed by atoms with Gasteiger partial charge in [-0.05, 0) is 24.7 Å². The van der Waals surface area contributed by atoms with E-state index in [-0.39, 0.29) is 5.91 Å². The molecule has 0 heterocycles. The molecule has 2 atom stereocenters. The summed E-state index contributed by atoms with van der Waals surface area (Å²) in [6.45, 7) is 7.85. The van der Waals surface area contributed by atoms with Crippen LogP contribution in [-0.4, -0.2) is 25.0 Å². The van der Waals surface area contributed by atoms with E-state index >= 15 is 0 Å². The number of amides is 1. The van der Waals surface area contributed by atoms with E-state index in [2.05, 4.69) is 24.5 Å². The minimum Gasteiger partial charge on any atom is -0.355 e. The lowest BCUT2D eigenvalue weighted by Gasteiger charge is -2.35. The number of nitrogens with one attached hydrogen (secondary N) is 2. The Kier molecular flexibility index (Phi) is 5.81. The second kappa shape index (κ2) is 6.89. The molecule has 1 aliphatic rings. The molecule has 2 unspecified atom stereocenters. The quantitative estimate of drug-likeness (QED) is 0.703. The summed E-state index contributed by atoms with van der Waals surface area (Å²) in [6.07, 6.45) is 5.38. The molecule has 0 saturated heterocycles. The minimum absolute atomic E-state index is 0.0610. The number of hydrogen-bond acceptors (Lipinski definition) is 2. The Hall–Kier alpha value is -0.570. The number of rotatable bonds is 5. The van der Waals surface area contributed by atoms with E-state index in [1.807, 2.05) is 0 Å². The highest BCUT2D eigenvalue weighted by atomic mass is 16.1. The van der Waals surface area contributed by atoms with Crippen LogP contribution in [0.5, 0.6) is 0 Å². The van der Waals surface area contributed by atoms with Crippen LogP contribution in [0.3, 0.4) is 0 Å². The van der Waals surface area contributed by atoms with E-state index in [4.69, 9.17) is 0 Å². The maximum atomic E-state index is 10.7. The highest BCUT2D eigenvalue weighted by molar-refractivity contribution is 5.72. The van der Waals surface area contributed by atoms with Crippen LogP contribution in [-0.2, 0) is 4.79 Å². The van der Waals surface area contributed by atoms with Gasteiger partial charge in [0, 0.05) is 26.1 Å². The lowest BCUT2D eigenvalue weighted by atomic mass is 9.78. The van der Waals surface area contributed by atoms with E-state index in [1.165, 1.54) is 25.7 Å². The molecule has 0 spiro atoms. The zero-order chi connectivity index (χ0) is 12.0. The predicted molar refractivity (Wildman–Crippen MR) is 67.3 cm³/mol. The molecule has 1 rings (SSSR count). The summed E-state index contributed by atoms with van der Waals surface area (Å²) < 4.78 is 0. The molecular weight excluding hydrogens is 200 g/mol. The van der Waals surface area contributed by atoms with Gasteiger partial charge in [-0.25, -0.2) is 0 Å². The van der Waals surface area contributed by atoms with Crippen LogP contribution in [0.15, 0.2) is 0 Å². The molecule has 3 heteroatoms. The van der Waals surface area contributed by atoms with Crippen LogP contribution in [0.25, 0.3) is 0 Å². The van der Waals surface area contributed by atoms with Crippen molar-refractivity contribution in [2.24, 2.45) is 11.8 Å². The third kappa shape index (κ3) is 4.52. The summed E-state index contributed by atoms with van der Waals surface area (Å²) in [6, 6.07) is 0.655. The van der Waals surface area contributed by atoms with E-state index in [0.29, 0.717) is 6.04 Å². The molecule has 0 aromatic heterocycles. The average molecular weight is 226 g/mol. The Morgan fingerprint density at radius 2 is 1.94 bits per heavy atom. The lowest BCUT2D eigenvalue weighted by molar-refractivity contribution is -0.118. The van der Waals surface area contributed by atoms with Crippen LogP contribution in [0, 0.1) is 11.8 Å². The molecule has 0 aromatic rings. The van der Waals surface area contributed by atoms with Crippen molar-refractivity contribution in [2.45, 2.75) is 52.5 Å². The molecule has 0 aliphatic heterocycles. The molecule has 1 fully saturated rings. The Bertz CT molecular complexity index is 216. The first-order valence-corrected chi connectivity index (χ1v) is 6.59. The van der Waals surface area contributed by atoms with Gasteiger partial charge in [-0.1, -0.05) is 26.7 Å². The molecule has 0 bridgehead atoms. The summed E-state index contributed by atoms with van der Waals surface area (Å²) in [5, 5.41) is 6.42. The molecule has 1 amide bonds. The van der Waals surface area contributed by atoms with Crippen LogP contribution >= 0.6 is 0 Å². The van der Waals surface area contributed by atoms with E-state index < -0.39 is 0 Å². The fourth-order valence-corrected chi connectivity index (χ4v) is 2.71. The highest BCUT2D eigenvalue weighted by Crippen LogP contribution is 2.29. The smallest absolute Gasteiger partial charge is 0.216 e. The summed E-state index contributed by atoms with van der Waals surface area (Å²) in [4.78, 5) is 10.7. The Morgan fingerprint density at radius 1 is 1.25 bits per heavy atom. The van der Waals surface area contributed by atoms with Crippen LogP contribution in [0.4, 0.5) is 0 Å². The van der Waals surface area contributed by atoms with E-state index in [9.17, 15) is 4.79 Å². The monoisotopic (exact) mass is 226 g/mol. The van der Waals surface area contributed by atoms with Crippen LogP contribution in [0.2, 0.25) is 0 Å².